The van der Waals surface area contributed by atoms with Gasteiger partial charge in [-0.05, 0) is 5.56 Å². The molecule has 0 saturated carbocycles. The molecule has 1 heterocycles. The van der Waals surface area contributed by atoms with Crippen LogP contribution in [0.5, 0.6) is 0 Å². The third kappa shape index (κ3) is 2.06. The van der Waals surface area contributed by atoms with E-state index >= 15 is 0 Å². The first-order valence-corrected chi connectivity index (χ1v) is 6.53. The standard InChI is InChI=1S/C9H8N2O2S2/c10-15(12,13)9-8(14-6-11-9)7-4-2-1-3-5-7/h1-6H,(H2,10,12,13). The fourth-order valence-electron chi connectivity index (χ4n) is 1.22. The van der Waals surface area contributed by atoms with Gasteiger partial charge >= 0.3 is 0 Å². The van der Waals surface area contributed by atoms with Crippen molar-refractivity contribution in [3.8, 4) is 10.4 Å². The van der Waals surface area contributed by atoms with Gasteiger partial charge in [-0.25, -0.2) is 18.5 Å². The smallest absolute Gasteiger partial charge is 0.231 e. The molecule has 2 aromatic rings. The number of nitrogens with zero attached hydrogens (tertiary/aromatic N) is 1. The third-order valence-electron chi connectivity index (χ3n) is 1.84. The molecule has 0 fully saturated rings. The number of sulfonamides is 1. The fraction of sp³-hybridized carbons (Fsp3) is 0. The number of benzene rings is 1. The van der Waals surface area contributed by atoms with E-state index in [2.05, 4.69) is 4.98 Å². The van der Waals surface area contributed by atoms with Gasteiger partial charge in [0.2, 0.25) is 0 Å². The Balaban J connectivity index is 2.61. The molecule has 0 amide bonds. The van der Waals surface area contributed by atoms with Crippen LogP contribution in [0.1, 0.15) is 0 Å². The Bertz CT molecular complexity index is 561. The third-order valence-corrected chi connectivity index (χ3v) is 3.69. The summed E-state index contributed by atoms with van der Waals surface area (Å²) in [6, 6.07) is 9.18. The molecule has 0 aliphatic carbocycles. The SMILES string of the molecule is NS(=O)(=O)c1ncsc1-c1ccccc1. The van der Waals surface area contributed by atoms with Crippen LogP contribution >= 0.6 is 11.3 Å². The van der Waals surface area contributed by atoms with Gasteiger partial charge in [0, 0.05) is 0 Å². The van der Waals surface area contributed by atoms with E-state index in [1.54, 1.807) is 0 Å². The molecule has 1 aromatic heterocycles. The van der Waals surface area contributed by atoms with Gasteiger partial charge in [-0.15, -0.1) is 11.3 Å². The summed E-state index contributed by atoms with van der Waals surface area (Å²) in [6.45, 7) is 0. The zero-order valence-electron chi connectivity index (χ0n) is 7.62. The second-order valence-electron chi connectivity index (χ2n) is 2.90. The Morgan fingerprint density at radius 1 is 1.20 bits per heavy atom. The van der Waals surface area contributed by atoms with Crippen LogP contribution < -0.4 is 5.14 Å². The Morgan fingerprint density at radius 3 is 2.47 bits per heavy atom. The lowest BCUT2D eigenvalue weighted by Crippen LogP contribution is -2.13. The second-order valence-corrected chi connectivity index (χ2v) is 5.23. The van der Waals surface area contributed by atoms with Crippen molar-refractivity contribution in [3.63, 3.8) is 0 Å². The second kappa shape index (κ2) is 3.73. The van der Waals surface area contributed by atoms with E-state index in [-0.39, 0.29) is 5.03 Å². The lowest BCUT2D eigenvalue weighted by molar-refractivity contribution is 0.595. The predicted octanol–water partition coefficient (Wildman–Crippen LogP) is 1.46. The highest BCUT2D eigenvalue weighted by Crippen LogP contribution is 2.29. The molecule has 78 valence electrons. The Kier molecular flexibility index (Phi) is 2.56. The van der Waals surface area contributed by atoms with Crippen LogP contribution in [0.15, 0.2) is 40.9 Å². The largest absolute Gasteiger partial charge is 0.257 e. The van der Waals surface area contributed by atoms with E-state index in [9.17, 15) is 8.42 Å². The minimum absolute atomic E-state index is 0.0568. The van der Waals surface area contributed by atoms with Gasteiger partial charge in [0.15, 0.2) is 5.03 Å². The molecule has 15 heavy (non-hydrogen) atoms. The zero-order valence-corrected chi connectivity index (χ0v) is 9.25. The molecule has 0 bridgehead atoms. The van der Waals surface area contributed by atoms with Crippen LogP contribution in [0.2, 0.25) is 0 Å². The van der Waals surface area contributed by atoms with E-state index in [0.717, 1.165) is 5.56 Å². The summed E-state index contributed by atoms with van der Waals surface area (Å²) in [5, 5.41) is 5.00. The lowest BCUT2D eigenvalue weighted by atomic mass is 10.2. The maximum Gasteiger partial charge on any atom is 0.257 e. The summed E-state index contributed by atoms with van der Waals surface area (Å²) in [5.74, 6) is 0. The molecule has 0 aliphatic rings. The van der Waals surface area contributed by atoms with Gasteiger partial charge in [0.05, 0.1) is 10.4 Å². The van der Waals surface area contributed by atoms with Gasteiger partial charge < -0.3 is 0 Å². The Hall–Kier alpha value is -1.24. The van der Waals surface area contributed by atoms with Gasteiger partial charge in [-0.3, -0.25) is 0 Å². The Labute approximate surface area is 91.4 Å². The summed E-state index contributed by atoms with van der Waals surface area (Å²) >= 11 is 1.26. The average molecular weight is 240 g/mol. The molecule has 0 radical (unpaired) electrons. The highest BCUT2D eigenvalue weighted by molar-refractivity contribution is 7.89. The maximum absolute atomic E-state index is 11.2. The maximum atomic E-state index is 11.2. The summed E-state index contributed by atoms with van der Waals surface area (Å²) in [6.07, 6.45) is 0. The van der Waals surface area contributed by atoms with Crippen LogP contribution in [-0.2, 0) is 10.0 Å². The van der Waals surface area contributed by atoms with Crippen molar-refractivity contribution in [3.05, 3.63) is 35.8 Å². The van der Waals surface area contributed by atoms with Crippen LogP contribution in [0, 0.1) is 0 Å². The molecule has 2 N–H and O–H groups in total. The van der Waals surface area contributed by atoms with Gasteiger partial charge in [-0.1, -0.05) is 30.3 Å². The van der Waals surface area contributed by atoms with Crippen LogP contribution in [-0.4, -0.2) is 13.4 Å². The van der Waals surface area contributed by atoms with E-state index in [1.807, 2.05) is 30.3 Å². The van der Waals surface area contributed by atoms with Crippen LogP contribution in [0.25, 0.3) is 10.4 Å². The highest BCUT2D eigenvalue weighted by atomic mass is 32.2. The van der Waals surface area contributed by atoms with Crippen molar-refractivity contribution < 1.29 is 8.42 Å². The van der Waals surface area contributed by atoms with Crippen molar-refractivity contribution in [2.24, 2.45) is 5.14 Å². The predicted molar refractivity (Wildman–Crippen MR) is 58.9 cm³/mol. The topological polar surface area (TPSA) is 73.1 Å². The number of nitrogens with two attached hydrogens (primary N) is 1. The normalized spacial score (nSPS) is 11.5. The number of thiazole rings is 1. The molecular formula is C9H8N2O2S2. The Morgan fingerprint density at radius 2 is 1.87 bits per heavy atom. The number of aromatic nitrogens is 1. The molecule has 0 aliphatic heterocycles. The van der Waals surface area contributed by atoms with Crippen molar-refractivity contribution in [1.29, 1.82) is 0 Å². The summed E-state index contributed by atoms with van der Waals surface area (Å²) in [5.41, 5.74) is 2.28. The summed E-state index contributed by atoms with van der Waals surface area (Å²) in [7, 11) is -3.74. The molecule has 4 nitrogen and oxygen atoms in total. The van der Waals surface area contributed by atoms with Gasteiger partial charge in [0.25, 0.3) is 10.0 Å². The summed E-state index contributed by atoms with van der Waals surface area (Å²) < 4.78 is 22.4. The average Bonchev–Trinajstić information content (AvgIpc) is 2.67. The van der Waals surface area contributed by atoms with Gasteiger partial charge in [0.1, 0.15) is 0 Å². The number of primary sulfonamides is 1. The quantitative estimate of drug-likeness (QED) is 0.863. The highest BCUT2D eigenvalue weighted by Gasteiger charge is 2.18. The summed E-state index contributed by atoms with van der Waals surface area (Å²) in [4.78, 5) is 4.35. The molecule has 1 aromatic carbocycles. The number of rotatable bonds is 2. The minimum Gasteiger partial charge on any atom is -0.231 e. The number of hydrogen-bond acceptors (Lipinski definition) is 4. The molecule has 2 rings (SSSR count). The molecule has 0 spiro atoms. The number of hydrogen-bond donors (Lipinski definition) is 1. The van der Waals surface area contributed by atoms with Crippen molar-refractivity contribution in [2.75, 3.05) is 0 Å². The van der Waals surface area contributed by atoms with Gasteiger partial charge in [-0.2, -0.15) is 0 Å². The molecular weight excluding hydrogens is 232 g/mol. The molecule has 0 unspecified atom stereocenters. The van der Waals surface area contributed by atoms with E-state index in [1.165, 1.54) is 16.8 Å². The molecule has 6 heteroatoms. The first kappa shape index (κ1) is 10.3. The zero-order chi connectivity index (χ0) is 10.9. The first-order valence-electron chi connectivity index (χ1n) is 4.11. The monoisotopic (exact) mass is 240 g/mol. The van der Waals surface area contributed by atoms with E-state index in [4.69, 9.17) is 5.14 Å². The minimum atomic E-state index is -3.74. The first-order chi connectivity index (χ1) is 7.09. The van der Waals surface area contributed by atoms with Crippen molar-refractivity contribution in [1.82, 2.24) is 4.98 Å². The van der Waals surface area contributed by atoms with Crippen molar-refractivity contribution >= 4 is 21.4 Å². The fourth-order valence-corrected chi connectivity index (χ4v) is 3.04. The molecule has 0 saturated heterocycles. The van der Waals surface area contributed by atoms with Crippen LogP contribution in [0.4, 0.5) is 0 Å². The van der Waals surface area contributed by atoms with Crippen molar-refractivity contribution in [2.45, 2.75) is 5.03 Å². The lowest BCUT2D eigenvalue weighted by Gasteiger charge is -1.99. The van der Waals surface area contributed by atoms with Crippen LogP contribution in [0.3, 0.4) is 0 Å². The van der Waals surface area contributed by atoms with E-state index < -0.39 is 10.0 Å². The molecule has 0 atom stereocenters. The van der Waals surface area contributed by atoms with E-state index in [0.29, 0.717) is 4.88 Å².